The molecule has 0 bridgehead atoms. The molecule has 0 spiro atoms. The molecular weight excluding hydrogens is 254 g/mol. The summed E-state index contributed by atoms with van der Waals surface area (Å²) in [5.74, 6) is -1.05. The maximum Gasteiger partial charge on any atom is 0.416 e. The fourth-order valence-electron chi connectivity index (χ4n) is 0.703. The molecule has 6 heteroatoms. The van der Waals surface area contributed by atoms with Gasteiger partial charge in [0.1, 0.15) is 5.82 Å². The van der Waals surface area contributed by atoms with Gasteiger partial charge >= 0.3 is 6.18 Å². The van der Waals surface area contributed by atoms with Crippen LogP contribution >= 0.6 is 17.0 Å². The molecule has 1 aromatic rings. The van der Waals surface area contributed by atoms with Crippen LogP contribution in [0.1, 0.15) is 5.56 Å². The Morgan fingerprint density at radius 3 is 2.08 bits per heavy atom. The van der Waals surface area contributed by atoms with Gasteiger partial charge in [0, 0.05) is 0 Å². The van der Waals surface area contributed by atoms with Crippen molar-refractivity contribution in [2.75, 3.05) is 5.73 Å². The monoisotopic (exact) mass is 259 g/mol. The van der Waals surface area contributed by atoms with E-state index < -0.39 is 17.6 Å². The molecule has 0 aliphatic carbocycles. The Kier molecular flexibility index (Phi) is 3.71. The summed E-state index contributed by atoms with van der Waals surface area (Å²) in [6.07, 6.45) is -4.52. The van der Waals surface area contributed by atoms with E-state index in [1.165, 1.54) is 0 Å². The van der Waals surface area contributed by atoms with Gasteiger partial charge in [0.2, 0.25) is 0 Å². The average molecular weight is 260 g/mol. The van der Waals surface area contributed by atoms with Crippen molar-refractivity contribution in [1.29, 1.82) is 0 Å². The van der Waals surface area contributed by atoms with Crippen molar-refractivity contribution in [3.63, 3.8) is 0 Å². The van der Waals surface area contributed by atoms with Crippen LogP contribution in [0.15, 0.2) is 18.2 Å². The Balaban J connectivity index is 0.00000144. The highest BCUT2D eigenvalue weighted by molar-refractivity contribution is 8.93. The zero-order chi connectivity index (χ0) is 9.35. The molecule has 0 fully saturated rings. The number of hydrogen-bond acceptors (Lipinski definition) is 1. The van der Waals surface area contributed by atoms with E-state index >= 15 is 0 Å². The Hall–Kier alpha value is -0.780. The summed E-state index contributed by atoms with van der Waals surface area (Å²) in [5, 5.41) is 0. The molecule has 1 nitrogen and oxygen atoms in total. The predicted octanol–water partition coefficient (Wildman–Crippen LogP) is 3.00. The molecule has 1 aromatic carbocycles. The first-order valence-electron chi connectivity index (χ1n) is 3.03. The van der Waals surface area contributed by atoms with Crippen LogP contribution in [0.2, 0.25) is 0 Å². The lowest BCUT2D eigenvalue weighted by Crippen LogP contribution is -2.05. The minimum atomic E-state index is -4.52. The highest BCUT2D eigenvalue weighted by Gasteiger charge is 2.30. The maximum absolute atomic E-state index is 12.5. The van der Waals surface area contributed by atoms with E-state index in [1.807, 2.05) is 0 Å². The Labute approximate surface area is 82.3 Å². The lowest BCUT2D eigenvalue weighted by molar-refractivity contribution is -0.137. The van der Waals surface area contributed by atoms with E-state index in [-0.39, 0.29) is 22.7 Å². The van der Waals surface area contributed by atoms with E-state index in [0.29, 0.717) is 6.07 Å². The molecule has 0 aliphatic heterocycles. The molecule has 0 atom stereocenters. The molecule has 0 aromatic heterocycles. The second-order valence-corrected chi connectivity index (χ2v) is 2.23. The van der Waals surface area contributed by atoms with Gasteiger partial charge in [-0.3, -0.25) is 0 Å². The van der Waals surface area contributed by atoms with Crippen molar-refractivity contribution in [2.45, 2.75) is 6.18 Å². The lowest BCUT2D eigenvalue weighted by Gasteiger charge is -2.06. The van der Waals surface area contributed by atoms with Crippen molar-refractivity contribution < 1.29 is 17.6 Å². The molecule has 1 rings (SSSR count). The minimum Gasteiger partial charge on any atom is -0.396 e. The van der Waals surface area contributed by atoms with E-state index in [9.17, 15) is 17.6 Å². The second-order valence-electron chi connectivity index (χ2n) is 2.23. The first kappa shape index (κ1) is 12.2. The van der Waals surface area contributed by atoms with Gasteiger partial charge in [-0.2, -0.15) is 13.2 Å². The lowest BCUT2D eigenvalue weighted by atomic mass is 10.2. The molecule has 0 heterocycles. The third-order valence-electron chi connectivity index (χ3n) is 1.33. The number of hydrogen-bond donors (Lipinski definition) is 1. The average Bonchev–Trinajstić information content (AvgIpc) is 1.92. The van der Waals surface area contributed by atoms with E-state index in [0.717, 1.165) is 12.1 Å². The number of halogens is 5. The largest absolute Gasteiger partial charge is 0.416 e. The van der Waals surface area contributed by atoms with Crippen LogP contribution in [0.4, 0.5) is 23.2 Å². The Morgan fingerprint density at radius 2 is 1.69 bits per heavy atom. The summed E-state index contributed by atoms with van der Waals surface area (Å²) >= 11 is 0. The van der Waals surface area contributed by atoms with Gasteiger partial charge in [0.25, 0.3) is 0 Å². The van der Waals surface area contributed by atoms with Crippen LogP contribution in [0.5, 0.6) is 0 Å². The third-order valence-corrected chi connectivity index (χ3v) is 1.33. The first-order chi connectivity index (χ1) is 5.41. The molecule has 0 aliphatic rings. The highest BCUT2D eigenvalue weighted by atomic mass is 79.9. The molecule has 0 saturated heterocycles. The van der Waals surface area contributed by atoms with Crippen LogP contribution in [0.3, 0.4) is 0 Å². The van der Waals surface area contributed by atoms with Gasteiger partial charge < -0.3 is 5.73 Å². The smallest absolute Gasteiger partial charge is 0.396 e. The van der Waals surface area contributed by atoms with Gasteiger partial charge in [-0.25, -0.2) is 4.39 Å². The SMILES string of the molecule is Br.Nc1ccc(C(F)(F)F)cc1F. The van der Waals surface area contributed by atoms with Gasteiger partial charge in [-0.05, 0) is 18.2 Å². The quantitative estimate of drug-likeness (QED) is 0.563. The van der Waals surface area contributed by atoms with Crippen molar-refractivity contribution in [3.05, 3.63) is 29.6 Å². The molecule has 0 radical (unpaired) electrons. The number of benzene rings is 1. The third kappa shape index (κ3) is 2.87. The normalized spacial score (nSPS) is 10.8. The topological polar surface area (TPSA) is 26.0 Å². The van der Waals surface area contributed by atoms with Crippen LogP contribution in [-0.4, -0.2) is 0 Å². The highest BCUT2D eigenvalue weighted by Crippen LogP contribution is 2.30. The summed E-state index contributed by atoms with van der Waals surface area (Å²) in [6.45, 7) is 0. The number of alkyl halides is 3. The molecule has 2 N–H and O–H groups in total. The molecule has 74 valence electrons. The number of anilines is 1. The zero-order valence-corrected chi connectivity index (χ0v) is 7.94. The van der Waals surface area contributed by atoms with Crippen LogP contribution in [0, 0.1) is 5.82 Å². The van der Waals surface area contributed by atoms with Crippen molar-refractivity contribution in [2.24, 2.45) is 0 Å². The maximum atomic E-state index is 12.5. The van der Waals surface area contributed by atoms with Gasteiger partial charge in [0.15, 0.2) is 0 Å². The molecular formula is C7H6BrF4N. The second kappa shape index (κ2) is 3.95. The number of nitrogen functional groups attached to an aromatic ring is 1. The molecule has 0 amide bonds. The summed E-state index contributed by atoms with van der Waals surface area (Å²) < 4.78 is 48.2. The first-order valence-corrected chi connectivity index (χ1v) is 3.03. The standard InChI is InChI=1S/C7H5F4N.BrH/c8-5-3-4(7(9,10)11)1-2-6(5)12;/h1-3H,12H2;1H. The van der Waals surface area contributed by atoms with E-state index in [4.69, 9.17) is 5.73 Å². The number of nitrogens with two attached hydrogens (primary N) is 1. The number of rotatable bonds is 0. The summed E-state index contributed by atoms with van der Waals surface area (Å²) in [4.78, 5) is 0. The minimum absolute atomic E-state index is 0. The van der Waals surface area contributed by atoms with Gasteiger partial charge in [-0.1, -0.05) is 0 Å². The Bertz CT molecular complexity index is 297. The fourth-order valence-corrected chi connectivity index (χ4v) is 0.703. The molecule has 0 saturated carbocycles. The van der Waals surface area contributed by atoms with Crippen molar-refractivity contribution in [3.8, 4) is 0 Å². The van der Waals surface area contributed by atoms with E-state index in [1.54, 1.807) is 0 Å². The van der Waals surface area contributed by atoms with Gasteiger partial charge in [-0.15, -0.1) is 17.0 Å². The van der Waals surface area contributed by atoms with E-state index in [2.05, 4.69) is 0 Å². The fraction of sp³-hybridized carbons (Fsp3) is 0.143. The predicted molar refractivity (Wildman–Crippen MR) is 46.1 cm³/mol. The van der Waals surface area contributed by atoms with Gasteiger partial charge in [0.05, 0.1) is 11.3 Å². The van der Waals surface area contributed by atoms with Crippen molar-refractivity contribution in [1.82, 2.24) is 0 Å². The van der Waals surface area contributed by atoms with Crippen molar-refractivity contribution >= 4 is 22.7 Å². The summed E-state index contributed by atoms with van der Waals surface area (Å²) in [5.41, 5.74) is 3.67. The zero-order valence-electron chi connectivity index (χ0n) is 6.23. The molecule has 0 unspecified atom stereocenters. The van der Waals surface area contributed by atoms with Crippen LogP contribution in [-0.2, 0) is 6.18 Å². The molecule has 13 heavy (non-hydrogen) atoms. The summed E-state index contributed by atoms with van der Waals surface area (Å²) in [6, 6.07) is 1.99. The van der Waals surface area contributed by atoms with Crippen LogP contribution in [0.25, 0.3) is 0 Å². The Morgan fingerprint density at radius 1 is 1.15 bits per heavy atom. The van der Waals surface area contributed by atoms with Crippen LogP contribution < -0.4 is 5.73 Å². The summed E-state index contributed by atoms with van der Waals surface area (Å²) in [7, 11) is 0.